The predicted molar refractivity (Wildman–Crippen MR) is 108 cm³/mol. The van der Waals surface area contributed by atoms with E-state index in [0.29, 0.717) is 6.42 Å². The summed E-state index contributed by atoms with van der Waals surface area (Å²) < 4.78 is 2.07. The fourth-order valence-electron chi connectivity index (χ4n) is 2.40. The third-order valence-electron chi connectivity index (χ3n) is 3.59. The molecule has 3 rings (SSSR count). The monoisotopic (exact) mass is 464 g/mol. The molecule has 3 aromatic rings. The zero-order valence-electron chi connectivity index (χ0n) is 12.8. The number of hydrogen-bond donors (Lipinski definition) is 1. The van der Waals surface area contributed by atoms with E-state index in [2.05, 4.69) is 42.4 Å². The van der Waals surface area contributed by atoms with Gasteiger partial charge in [-0.1, -0.05) is 46.3 Å². The number of nitrogens with zero attached hydrogens (tertiary/aromatic N) is 1. The maximum absolute atomic E-state index is 12.2. The highest BCUT2D eigenvalue weighted by molar-refractivity contribution is 9.11. The Hall–Kier alpha value is -1.50. The van der Waals surface area contributed by atoms with Crippen LogP contribution in [0.5, 0.6) is 0 Å². The number of fused-ring (bicyclic) bond motifs is 1. The van der Waals surface area contributed by atoms with E-state index in [4.69, 9.17) is 0 Å². The maximum atomic E-state index is 12.2. The third-order valence-corrected chi connectivity index (χ3v) is 6.01. The standard InChI is InChI=1S/C18H14Br2N2OS/c1-11(16-8-9-17(20)24-16)21-22-18(23)10-12-6-7-15(19)14-5-3-2-4-13(12)14/h2-9H,10H2,1H3,(H,22,23). The van der Waals surface area contributed by atoms with E-state index >= 15 is 0 Å². The van der Waals surface area contributed by atoms with Gasteiger partial charge in [0.2, 0.25) is 5.91 Å². The Balaban J connectivity index is 1.75. The molecule has 0 radical (unpaired) electrons. The first-order valence-electron chi connectivity index (χ1n) is 7.29. The summed E-state index contributed by atoms with van der Waals surface area (Å²) in [5.41, 5.74) is 4.42. The number of nitrogens with one attached hydrogen (secondary N) is 1. The molecule has 0 saturated carbocycles. The number of amides is 1. The number of benzene rings is 2. The van der Waals surface area contributed by atoms with Crippen LogP contribution in [-0.2, 0) is 11.2 Å². The van der Waals surface area contributed by atoms with Crippen molar-refractivity contribution in [1.29, 1.82) is 0 Å². The molecule has 0 fully saturated rings. The van der Waals surface area contributed by atoms with Crippen LogP contribution >= 0.6 is 43.2 Å². The van der Waals surface area contributed by atoms with E-state index in [9.17, 15) is 4.79 Å². The Bertz CT molecular complexity index is 934. The van der Waals surface area contributed by atoms with Crippen molar-refractivity contribution in [2.45, 2.75) is 13.3 Å². The second-order valence-electron chi connectivity index (χ2n) is 5.26. The summed E-state index contributed by atoms with van der Waals surface area (Å²) in [6.07, 6.45) is 0.290. The van der Waals surface area contributed by atoms with Crippen molar-refractivity contribution in [3.63, 3.8) is 0 Å². The lowest BCUT2D eigenvalue weighted by Gasteiger charge is -2.08. The molecule has 24 heavy (non-hydrogen) atoms. The molecule has 122 valence electrons. The van der Waals surface area contributed by atoms with E-state index in [1.165, 1.54) is 0 Å². The molecule has 0 bridgehead atoms. The topological polar surface area (TPSA) is 41.5 Å². The Kier molecular flexibility index (Phi) is 5.48. The molecule has 1 heterocycles. The quantitative estimate of drug-likeness (QED) is 0.400. The summed E-state index contributed by atoms with van der Waals surface area (Å²) in [6, 6.07) is 15.9. The molecule has 0 aliphatic carbocycles. The van der Waals surface area contributed by atoms with Gasteiger partial charge in [0.25, 0.3) is 0 Å². The average Bonchev–Trinajstić information content (AvgIpc) is 3.02. The van der Waals surface area contributed by atoms with Gasteiger partial charge in [0.1, 0.15) is 0 Å². The van der Waals surface area contributed by atoms with Crippen molar-refractivity contribution in [2.24, 2.45) is 5.10 Å². The summed E-state index contributed by atoms with van der Waals surface area (Å²) in [4.78, 5) is 13.3. The SMILES string of the molecule is CC(=NNC(=O)Cc1ccc(Br)c2ccccc12)c1ccc(Br)s1. The highest BCUT2D eigenvalue weighted by Gasteiger charge is 2.09. The minimum atomic E-state index is -0.127. The molecular formula is C18H14Br2N2OS. The predicted octanol–water partition coefficient (Wildman–Crippen LogP) is 5.51. The zero-order valence-corrected chi connectivity index (χ0v) is 16.8. The summed E-state index contributed by atoms with van der Waals surface area (Å²) in [5, 5.41) is 6.38. The first kappa shape index (κ1) is 17.3. The van der Waals surface area contributed by atoms with Crippen LogP contribution in [0.2, 0.25) is 0 Å². The summed E-state index contributed by atoms with van der Waals surface area (Å²) in [5.74, 6) is -0.127. The number of halogens is 2. The van der Waals surface area contributed by atoms with Crippen LogP contribution in [0, 0.1) is 0 Å². The van der Waals surface area contributed by atoms with Crippen LogP contribution in [0.25, 0.3) is 10.8 Å². The van der Waals surface area contributed by atoms with Gasteiger partial charge >= 0.3 is 0 Å². The van der Waals surface area contributed by atoms with E-state index in [1.807, 2.05) is 55.5 Å². The number of rotatable bonds is 4. The molecule has 0 atom stereocenters. The number of carbonyl (C=O) groups is 1. The van der Waals surface area contributed by atoms with Crippen LogP contribution < -0.4 is 5.43 Å². The van der Waals surface area contributed by atoms with Gasteiger partial charge in [0, 0.05) is 4.47 Å². The molecule has 3 nitrogen and oxygen atoms in total. The van der Waals surface area contributed by atoms with Gasteiger partial charge in [0.15, 0.2) is 0 Å². The van der Waals surface area contributed by atoms with Crippen LogP contribution in [0.3, 0.4) is 0 Å². The third kappa shape index (κ3) is 3.94. The largest absolute Gasteiger partial charge is 0.273 e. The first-order chi connectivity index (χ1) is 11.5. The number of hydrazone groups is 1. The summed E-state index contributed by atoms with van der Waals surface area (Å²) in [7, 11) is 0. The molecule has 2 aromatic carbocycles. The fraction of sp³-hybridized carbons (Fsp3) is 0.111. The van der Waals surface area contributed by atoms with Crippen molar-refractivity contribution >= 4 is 65.6 Å². The molecule has 0 saturated heterocycles. The van der Waals surface area contributed by atoms with E-state index in [-0.39, 0.29) is 5.91 Å². The lowest BCUT2D eigenvalue weighted by Crippen LogP contribution is -2.21. The molecule has 1 N–H and O–H groups in total. The van der Waals surface area contributed by atoms with Gasteiger partial charge in [-0.25, -0.2) is 5.43 Å². The van der Waals surface area contributed by atoms with Crippen LogP contribution in [0.15, 0.2) is 61.9 Å². The van der Waals surface area contributed by atoms with Crippen LogP contribution in [0.4, 0.5) is 0 Å². The molecule has 1 aromatic heterocycles. The minimum Gasteiger partial charge on any atom is -0.273 e. The number of thiophene rings is 1. The molecule has 1 amide bonds. The van der Waals surface area contributed by atoms with Crippen molar-refractivity contribution < 1.29 is 4.79 Å². The van der Waals surface area contributed by atoms with Gasteiger partial charge < -0.3 is 0 Å². The molecule has 0 aliphatic heterocycles. The van der Waals surface area contributed by atoms with Crippen molar-refractivity contribution in [2.75, 3.05) is 0 Å². The maximum Gasteiger partial charge on any atom is 0.244 e. The van der Waals surface area contributed by atoms with Crippen molar-refractivity contribution in [1.82, 2.24) is 5.43 Å². The van der Waals surface area contributed by atoms with Gasteiger partial charge in [-0.3, -0.25) is 4.79 Å². The number of hydrogen-bond acceptors (Lipinski definition) is 3. The molecule has 0 spiro atoms. The van der Waals surface area contributed by atoms with E-state index < -0.39 is 0 Å². The highest BCUT2D eigenvalue weighted by Crippen LogP contribution is 2.27. The van der Waals surface area contributed by atoms with Gasteiger partial charge in [-0.15, -0.1) is 11.3 Å². The summed E-state index contributed by atoms with van der Waals surface area (Å²) in [6.45, 7) is 1.88. The lowest BCUT2D eigenvalue weighted by atomic mass is 10.0. The molecular weight excluding hydrogens is 452 g/mol. The Labute approximate surface area is 161 Å². The van der Waals surface area contributed by atoms with Gasteiger partial charge in [-0.2, -0.15) is 5.10 Å². The van der Waals surface area contributed by atoms with Crippen molar-refractivity contribution in [3.05, 3.63) is 67.2 Å². The average molecular weight is 466 g/mol. The molecule has 0 aliphatic rings. The highest BCUT2D eigenvalue weighted by atomic mass is 79.9. The van der Waals surface area contributed by atoms with E-state index in [1.54, 1.807) is 11.3 Å². The zero-order chi connectivity index (χ0) is 17.1. The smallest absolute Gasteiger partial charge is 0.244 e. The van der Waals surface area contributed by atoms with Gasteiger partial charge in [-0.05, 0) is 57.4 Å². The Morgan fingerprint density at radius 2 is 1.83 bits per heavy atom. The van der Waals surface area contributed by atoms with Crippen molar-refractivity contribution in [3.8, 4) is 0 Å². The fourth-order valence-corrected chi connectivity index (χ4v) is 4.21. The molecule has 6 heteroatoms. The van der Waals surface area contributed by atoms with Gasteiger partial charge in [0.05, 0.1) is 20.8 Å². The minimum absolute atomic E-state index is 0.127. The summed E-state index contributed by atoms with van der Waals surface area (Å²) >= 11 is 8.56. The Morgan fingerprint density at radius 1 is 1.08 bits per heavy atom. The van der Waals surface area contributed by atoms with E-state index in [0.717, 1.165) is 35.2 Å². The Morgan fingerprint density at radius 3 is 2.54 bits per heavy atom. The molecule has 0 unspecified atom stereocenters. The van der Waals surface area contributed by atoms with Crippen LogP contribution in [-0.4, -0.2) is 11.6 Å². The normalized spacial score (nSPS) is 11.7. The van der Waals surface area contributed by atoms with Crippen LogP contribution in [0.1, 0.15) is 17.4 Å². The second kappa shape index (κ2) is 7.59. The first-order valence-corrected chi connectivity index (χ1v) is 9.70. The lowest BCUT2D eigenvalue weighted by molar-refractivity contribution is -0.120. The second-order valence-corrected chi connectivity index (χ2v) is 8.58. The number of carbonyl (C=O) groups excluding carboxylic acids is 1.